The maximum absolute atomic E-state index is 9.42. The average Bonchev–Trinajstić information content (AvgIpc) is 2.34. The monoisotopic (exact) mass is 228 g/mol. The molecular formula is C14H28O2. The Morgan fingerprint density at radius 3 is 2.81 bits per heavy atom. The van der Waals surface area contributed by atoms with E-state index in [1.165, 1.54) is 32.1 Å². The molecule has 96 valence electrons. The maximum atomic E-state index is 9.42. The molecule has 0 aromatic heterocycles. The lowest BCUT2D eigenvalue weighted by molar-refractivity contribution is 0.00652. The predicted octanol–water partition coefficient (Wildman–Crippen LogP) is 3.52. The van der Waals surface area contributed by atoms with Gasteiger partial charge >= 0.3 is 0 Å². The molecule has 0 spiro atoms. The van der Waals surface area contributed by atoms with Crippen LogP contribution in [0.4, 0.5) is 0 Å². The first-order valence-corrected chi connectivity index (χ1v) is 7.05. The molecule has 2 nitrogen and oxygen atoms in total. The zero-order valence-corrected chi connectivity index (χ0v) is 11.0. The van der Waals surface area contributed by atoms with E-state index in [0.29, 0.717) is 6.10 Å². The largest absolute Gasteiger partial charge is 0.393 e. The first kappa shape index (κ1) is 14.0. The van der Waals surface area contributed by atoms with Crippen LogP contribution < -0.4 is 0 Å². The summed E-state index contributed by atoms with van der Waals surface area (Å²) in [6, 6.07) is 0. The number of ether oxygens (including phenoxy) is 1. The van der Waals surface area contributed by atoms with E-state index in [1.54, 1.807) is 0 Å². The zero-order valence-electron chi connectivity index (χ0n) is 11.0. The molecule has 0 aromatic carbocycles. The minimum absolute atomic E-state index is 0.127. The SMILES string of the molecule is CCC(O)CCCOC1CCCC(CC)C1. The van der Waals surface area contributed by atoms with Gasteiger partial charge in [-0.3, -0.25) is 0 Å². The number of rotatable bonds is 7. The molecule has 1 rings (SSSR count). The summed E-state index contributed by atoms with van der Waals surface area (Å²) in [6.45, 7) is 5.14. The fraction of sp³-hybridized carbons (Fsp3) is 1.00. The smallest absolute Gasteiger partial charge is 0.0577 e. The molecule has 0 bridgehead atoms. The third-order valence-electron chi connectivity index (χ3n) is 3.82. The van der Waals surface area contributed by atoms with Gasteiger partial charge in [-0.15, -0.1) is 0 Å². The van der Waals surface area contributed by atoms with E-state index in [2.05, 4.69) is 6.92 Å². The molecule has 1 aliphatic rings. The Labute approximate surface area is 100 Å². The van der Waals surface area contributed by atoms with E-state index < -0.39 is 0 Å². The molecule has 2 heteroatoms. The van der Waals surface area contributed by atoms with Crippen LogP contribution in [0.3, 0.4) is 0 Å². The fourth-order valence-corrected chi connectivity index (χ4v) is 2.54. The number of hydrogen-bond acceptors (Lipinski definition) is 2. The minimum atomic E-state index is -0.127. The van der Waals surface area contributed by atoms with E-state index in [1.807, 2.05) is 6.92 Å². The predicted molar refractivity (Wildman–Crippen MR) is 67.5 cm³/mol. The van der Waals surface area contributed by atoms with Crippen molar-refractivity contribution >= 4 is 0 Å². The highest BCUT2D eigenvalue weighted by molar-refractivity contribution is 4.72. The first-order chi connectivity index (χ1) is 7.76. The normalized spacial score (nSPS) is 27.9. The second kappa shape index (κ2) is 8.08. The second-order valence-corrected chi connectivity index (χ2v) is 5.14. The van der Waals surface area contributed by atoms with Gasteiger partial charge in [-0.1, -0.05) is 33.1 Å². The molecule has 0 aliphatic heterocycles. The summed E-state index contributed by atoms with van der Waals surface area (Å²) in [5.74, 6) is 0.889. The van der Waals surface area contributed by atoms with Crippen LogP contribution in [0.15, 0.2) is 0 Å². The Morgan fingerprint density at radius 2 is 2.12 bits per heavy atom. The Kier molecular flexibility index (Phi) is 7.06. The van der Waals surface area contributed by atoms with E-state index in [4.69, 9.17) is 4.74 Å². The summed E-state index contributed by atoms with van der Waals surface area (Å²) >= 11 is 0. The lowest BCUT2D eigenvalue weighted by atomic mass is 9.85. The fourth-order valence-electron chi connectivity index (χ4n) is 2.54. The second-order valence-electron chi connectivity index (χ2n) is 5.14. The Hall–Kier alpha value is -0.0800. The third-order valence-corrected chi connectivity index (χ3v) is 3.82. The van der Waals surface area contributed by atoms with E-state index in [-0.39, 0.29) is 6.10 Å². The zero-order chi connectivity index (χ0) is 11.8. The third kappa shape index (κ3) is 5.31. The van der Waals surface area contributed by atoms with Crippen LogP contribution in [0.1, 0.15) is 65.2 Å². The van der Waals surface area contributed by atoms with Gasteiger partial charge in [-0.2, -0.15) is 0 Å². The van der Waals surface area contributed by atoms with Crippen LogP contribution in [0.25, 0.3) is 0 Å². The van der Waals surface area contributed by atoms with Gasteiger partial charge in [0.05, 0.1) is 12.2 Å². The number of hydrogen-bond donors (Lipinski definition) is 1. The molecule has 0 radical (unpaired) electrons. The van der Waals surface area contributed by atoms with Crippen molar-refractivity contribution in [3.63, 3.8) is 0 Å². The van der Waals surface area contributed by atoms with Crippen molar-refractivity contribution in [3.8, 4) is 0 Å². The molecule has 1 N–H and O–H groups in total. The van der Waals surface area contributed by atoms with Crippen molar-refractivity contribution in [2.75, 3.05) is 6.61 Å². The van der Waals surface area contributed by atoms with Gasteiger partial charge in [-0.25, -0.2) is 0 Å². The maximum Gasteiger partial charge on any atom is 0.0577 e. The van der Waals surface area contributed by atoms with Crippen molar-refractivity contribution < 1.29 is 9.84 Å². The molecule has 3 unspecified atom stereocenters. The van der Waals surface area contributed by atoms with Crippen LogP contribution in [0, 0.1) is 5.92 Å². The first-order valence-electron chi connectivity index (χ1n) is 7.05. The van der Waals surface area contributed by atoms with Crippen molar-refractivity contribution in [3.05, 3.63) is 0 Å². The lowest BCUT2D eigenvalue weighted by Gasteiger charge is -2.28. The highest BCUT2D eigenvalue weighted by atomic mass is 16.5. The Bertz CT molecular complexity index is 170. The number of aliphatic hydroxyl groups is 1. The van der Waals surface area contributed by atoms with Gasteiger partial charge in [0.2, 0.25) is 0 Å². The van der Waals surface area contributed by atoms with Crippen LogP contribution in [-0.2, 0) is 4.74 Å². The molecule has 3 atom stereocenters. The molecule has 0 saturated heterocycles. The van der Waals surface area contributed by atoms with Crippen molar-refractivity contribution in [1.29, 1.82) is 0 Å². The van der Waals surface area contributed by atoms with Gasteiger partial charge in [0, 0.05) is 6.61 Å². The van der Waals surface area contributed by atoms with Crippen LogP contribution in [0.2, 0.25) is 0 Å². The average molecular weight is 228 g/mol. The summed E-state index contributed by atoms with van der Waals surface area (Å²) < 4.78 is 5.90. The highest BCUT2D eigenvalue weighted by Gasteiger charge is 2.20. The van der Waals surface area contributed by atoms with Gasteiger partial charge < -0.3 is 9.84 Å². The van der Waals surface area contributed by atoms with Crippen molar-refractivity contribution in [2.24, 2.45) is 5.92 Å². The molecule has 0 amide bonds. The summed E-state index contributed by atoms with van der Waals surface area (Å²) in [5, 5.41) is 9.42. The molecule has 1 aliphatic carbocycles. The Balaban J connectivity index is 2.04. The van der Waals surface area contributed by atoms with Gasteiger partial charge in [0.15, 0.2) is 0 Å². The highest BCUT2D eigenvalue weighted by Crippen LogP contribution is 2.28. The van der Waals surface area contributed by atoms with Gasteiger partial charge in [-0.05, 0) is 38.0 Å². The molecular weight excluding hydrogens is 200 g/mol. The summed E-state index contributed by atoms with van der Waals surface area (Å²) in [5.41, 5.74) is 0. The van der Waals surface area contributed by atoms with Crippen LogP contribution in [-0.4, -0.2) is 23.9 Å². The molecule has 0 aromatic rings. The minimum Gasteiger partial charge on any atom is -0.393 e. The van der Waals surface area contributed by atoms with Gasteiger partial charge in [0.1, 0.15) is 0 Å². The topological polar surface area (TPSA) is 29.5 Å². The van der Waals surface area contributed by atoms with Crippen molar-refractivity contribution in [1.82, 2.24) is 0 Å². The molecule has 1 fully saturated rings. The van der Waals surface area contributed by atoms with Gasteiger partial charge in [0.25, 0.3) is 0 Å². The molecule has 1 saturated carbocycles. The standard InChI is InChI=1S/C14H28O2/c1-3-12-7-5-9-14(11-12)16-10-6-8-13(15)4-2/h12-15H,3-11H2,1-2H3. The number of aliphatic hydroxyl groups excluding tert-OH is 1. The van der Waals surface area contributed by atoms with E-state index in [0.717, 1.165) is 31.8 Å². The summed E-state index contributed by atoms with van der Waals surface area (Å²) in [6.07, 6.45) is 9.65. The summed E-state index contributed by atoms with van der Waals surface area (Å²) in [4.78, 5) is 0. The van der Waals surface area contributed by atoms with Crippen LogP contribution >= 0.6 is 0 Å². The van der Waals surface area contributed by atoms with Crippen molar-refractivity contribution in [2.45, 2.75) is 77.4 Å². The Morgan fingerprint density at radius 1 is 1.31 bits per heavy atom. The van der Waals surface area contributed by atoms with Crippen LogP contribution in [0.5, 0.6) is 0 Å². The quantitative estimate of drug-likeness (QED) is 0.676. The summed E-state index contributed by atoms with van der Waals surface area (Å²) in [7, 11) is 0. The lowest BCUT2D eigenvalue weighted by Crippen LogP contribution is -2.23. The molecule has 0 heterocycles. The molecule has 16 heavy (non-hydrogen) atoms. The van der Waals surface area contributed by atoms with E-state index >= 15 is 0 Å². The van der Waals surface area contributed by atoms with E-state index in [9.17, 15) is 5.11 Å².